The second-order valence-electron chi connectivity index (χ2n) is 4.71. The quantitative estimate of drug-likeness (QED) is 0.636. The van der Waals surface area contributed by atoms with Gasteiger partial charge in [-0.15, -0.1) is 0 Å². The highest BCUT2D eigenvalue weighted by Gasteiger charge is 2.09. The number of nitrogens with one attached hydrogen (secondary N) is 1. The molecule has 0 bridgehead atoms. The highest BCUT2D eigenvalue weighted by atomic mass is 32.2. The molecule has 0 spiro atoms. The molecule has 2 rings (SSSR count). The van der Waals surface area contributed by atoms with Gasteiger partial charge in [-0.05, 0) is 30.3 Å². The first-order valence-electron chi connectivity index (χ1n) is 7.15. The number of nitrogens with zero attached hydrogens (tertiary/aromatic N) is 4. The topological polar surface area (TPSA) is 123 Å². The molecule has 0 aliphatic carbocycles. The summed E-state index contributed by atoms with van der Waals surface area (Å²) in [7, 11) is 1.31. The number of hydrogen-bond acceptors (Lipinski definition) is 8. The van der Waals surface area contributed by atoms with Gasteiger partial charge in [-0.1, -0.05) is 17.8 Å². The molecule has 8 heteroatoms. The number of anilines is 1. The fraction of sp³-hybridized carbons (Fsp3) is 0.0556. The summed E-state index contributed by atoms with van der Waals surface area (Å²) in [6.45, 7) is 0. The molecule has 0 unspecified atom stereocenters. The van der Waals surface area contributed by atoms with Crippen LogP contribution < -0.4 is 5.32 Å². The highest BCUT2D eigenvalue weighted by molar-refractivity contribution is 7.99. The van der Waals surface area contributed by atoms with Crippen LogP contribution in [0.2, 0.25) is 0 Å². The van der Waals surface area contributed by atoms with Crippen LogP contribution in [0.5, 0.6) is 0 Å². The van der Waals surface area contributed by atoms with Gasteiger partial charge in [0, 0.05) is 16.8 Å². The van der Waals surface area contributed by atoms with Crippen molar-refractivity contribution in [1.82, 2.24) is 4.98 Å². The van der Waals surface area contributed by atoms with Crippen molar-refractivity contribution in [2.24, 2.45) is 0 Å². The molecule has 0 fully saturated rings. The van der Waals surface area contributed by atoms with Gasteiger partial charge < -0.3 is 10.1 Å². The van der Waals surface area contributed by atoms with E-state index in [1.807, 2.05) is 6.07 Å². The van der Waals surface area contributed by atoms with Gasteiger partial charge in [-0.3, -0.25) is 0 Å². The number of nitriles is 3. The van der Waals surface area contributed by atoms with Crippen molar-refractivity contribution in [3.8, 4) is 18.2 Å². The van der Waals surface area contributed by atoms with Crippen LogP contribution in [-0.2, 0) is 4.74 Å². The molecular weight excluding hydrogens is 350 g/mol. The first-order chi connectivity index (χ1) is 12.6. The molecule has 0 atom stereocenters. The zero-order valence-electron chi connectivity index (χ0n) is 13.6. The Kier molecular flexibility index (Phi) is 6.34. The molecule has 2 aromatic rings. The van der Waals surface area contributed by atoms with Gasteiger partial charge in [0.1, 0.15) is 28.9 Å². The molecule has 0 aliphatic rings. The third-order valence-electron chi connectivity index (χ3n) is 3.07. The maximum atomic E-state index is 11.6. The van der Waals surface area contributed by atoms with Gasteiger partial charge in [0.15, 0.2) is 5.57 Å². The van der Waals surface area contributed by atoms with Crippen LogP contribution in [0.15, 0.2) is 63.8 Å². The van der Waals surface area contributed by atoms with Crippen molar-refractivity contribution in [1.29, 1.82) is 15.8 Å². The predicted octanol–water partition coefficient (Wildman–Crippen LogP) is 3.26. The Labute approximate surface area is 154 Å². The monoisotopic (exact) mass is 361 g/mol. The number of carbonyl (C=O) groups excluding carboxylic acids is 1. The number of carbonyl (C=O) groups is 1. The number of hydrogen-bond donors (Lipinski definition) is 1. The zero-order chi connectivity index (χ0) is 18.9. The molecule has 0 radical (unpaired) electrons. The van der Waals surface area contributed by atoms with E-state index in [9.17, 15) is 4.79 Å². The van der Waals surface area contributed by atoms with Crippen LogP contribution in [-0.4, -0.2) is 18.1 Å². The Hall–Kier alpha value is -3.80. The minimum absolute atomic E-state index is 0.122. The van der Waals surface area contributed by atoms with Crippen molar-refractivity contribution in [2.75, 3.05) is 12.4 Å². The van der Waals surface area contributed by atoms with Crippen molar-refractivity contribution < 1.29 is 9.53 Å². The summed E-state index contributed by atoms with van der Waals surface area (Å²) in [5.41, 5.74) is 0.515. The van der Waals surface area contributed by atoms with E-state index in [0.29, 0.717) is 16.3 Å². The number of rotatable bonds is 5. The van der Waals surface area contributed by atoms with Gasteiger partial charge in [-0.2, -0.15) is 15.8 Å². The average molecular weight is 361 g/mol. The van der Waals surface area contributed by atoms with Crippen LogP contribution in [0.25, 0.3) is 0 Å². The first-order valence-corrected chi connectivity index (χ1v) is 7.96. The lowest BCUT2D eigenvalue weighted by Crippen LogP contribution is -2.01. The number of ether oxygens (including phenoxy) is 1. The van der Waals surface area contributed by atoms with Crippen LogP contribution in [0.3, 0.4) is 0 Å². The standard InChI is InChI=1S/C18H11N5O2S/c1-25-18(24)12-5-6-22-17(7-12)26-15-4-2-3-14(8-15)23-16(11-21)13(9-19)10-20/h2-8,23H,1H3. The van der Waals surface area contributed by atoms with E-state index in [2.05, 4.69) is 15.0 Å². The second kappa shape index (κ2) is 8.89. The third kappa shape index (κ3) is 4.61. The van der Waals surface area contributed by atoms with E-state index in [-0.39, 0.29) is 11.3 Å². The Morgan fingerprint density at radius 1 is 1.15 bits per heavy atom. The maximum Gasteiger partial charge on any atom is 0.337 e. The van der Waals surface area contributed by atoms with E-state index >= 15 is 0 Å². The summed E-state index contributed by atoms with van der Waals surface area (Å²) in [5.74, 6) is -0.450. The fourth-order valence-corrected chi connectivity index (χ4v) is 2.77. The lowest BCUT2D eigenvalue weighted by molar-refractivity contribution is 0.0600. The SMILES string of the molecule is COC(=O)c1ccnc(Sc2cccc(NC(C#N)=C(C#N)C#N)c2)c1. The zero-order valence-corrected chi connectivity index (χ0v) is 14.4. The summed E-state index contributed by atoms with van der Waals surface area (Å²) >= 11 is 1.31. The van der Waals surface area contributed by atoms with Crippen LogP contribution in [0.1, 0.15) is 10.4 Å². The summed E-state index contributed by atoms with van der Waals surface area (Å²) in [5, 5.41) is 30.2. The summed E-state index contributed by atoms with van der Waals surface area (Å²) in [6, 6.07) is 15.3. The van der Waals surface area contributed by atoms with E-state index in [1.54, 1.807) is 48.5 Å². The molecule has 26 heavy (non-hydrogen) atoms. The molecule has 1 N–H and O–H groups in total. The minimum atomic E-state index is -0.450. The first kappa shape index (κ1) is 18.5. The summed E-state index contributed by atoms with van der Waals surface area (Å²) in [4.78, 5) is 16.6. The van der Waals surface area contributed by atoms with Crippen molar-refractivity contribution >= 4 is 23.4 Å². The molecule has 126 valence electrons. The second-order valence-corrected chi connectivity index (χ2v) is 5.81. The van der Waals surface area contributed by atoms with Crippen LogP contribution in [0.4, 0.5) is 5.69 Å². The molecule has 0 saturated heterocycles. The maximum absolute atomic E-state index is 11.6. The Balaban J connectivity index is 2.25. The Morgan fingerprint density at radius 2 is 1.92 bits per heavy atom. The molecule has 0 saturated carbocycles. The summed E-state index contributed by atoms with van der Waals surface area (Å²) in [6.07, 6.45) is 1.51. The Morgan fingerprint density at radius 3 is 2.58 bits per heavy atom. The van der Waals surface area contributed by atoms with Gasteiger partial charge in [-0.25, -0.2) is 9.78 Å². The molecule has 1 heterocycles. The van der Waals surface area contributed by atoms with Crippen molar-refractivity contribution in [2.45, 2.75) is 9.92 Å². The highest BCUT2D eigenvalue weighted by Crippen LogP contribution is 2.29. The normalized spacial score (nSPS) is 9.15. The van der Waals surface area contributed by atoms with E-state index in [4.69, 9.17) is 15.8 Å². The number of pyridine rings is 1. The molecule has 1 aromatic carbocycles. The number of allylic oxidation sites excluding steroid dienone is 2. The smallest absolute Gasteiger partial charge is 0.337 e. The summed E-state index contributed by atoms with van der Waals surface area (Å²) < 4.78 is 4.69. The molecule has 0 aliphatic heterocycles. The Bertz CT molecular complexity index is 980. The molecular formula is C18H11N5O2S. The van der Waals surface area contributed by atoms with E-state index in [0.717, 1.165) is 4.90 Å². The minimum Gasteiger partial charge on any atom is -0.465 e. The number of methoxy groups -OCH3 is 1. The number of benzene rings is 1. The van der Waals surface area contributed by atoms with Gasteiger partial charge in [0.25, 0.3) is 0 Å². The fourth-order valence-electron chi connectivity index (χ4n) is 1.90. The molecule has 0 amide bonds. The number of esters is 1. The van der Waals surface area contributed by atoms with Crippen LogP contribution in [0, 0.1) is 34.0 Å². The lowest BCUT2D eigenvalue weighted by Gasteiger charge is -2.07. The number of aromatic nitrogens is 1. The lowest BCUT2D eigenvalue weighted by atomic mass is 10.2. The molecule has 1 aromatic heterocycles. The molecule has 7 nitrogen and oxygen atoms in total. The van der Waals surface area contributed by atoms with Crippen molar-refractivity contribution in [3.63, 3.8) is 0 Å². The van der Waals surface area contributed by atoms with Gasteiger partial charge in [0.05, 0.1) is 12.7 Å². The predicted molar refractivity (Wildman–Crippen MR) is 93.6 cm³/mol. The van der Waals surface area contributed by atoms with Gasteiger partial charge >= 0.3 is 5.97 Å². The average Bonchev–Trinajstić information content (AvgIpc) is 2.68. The van der Waals surface area contributed by atoms with E-state index < -0.39 is 5.97 Å². The van der Waals surface area contributed by atoms with Crippen molar-refractivity contribution in [3.05, 3.63) is 59.4 Å². The third-order valence-corrected chi connectivity index (χ3v) is 3.99. The largest absolute Gasteiger partial charge is 0.465 e. The van der Waals surface area contributed by atoms with E-state index in [1.165, 1.54) is 25.1 Å². The van der Waals surface area contributed by atoms with Crippen LogP contribution >= 0.6 is 11.8 Å². The van der Waals surface area contributed by atoms with Gasteiger partial charge in [0.2, 0.25) is 0 Å².